The zero-order valence-corrected chi connectivity index (χ0v) is 13.7. The van der Waals surface area contributed by atoms with Gasteiger partial charge in [-0.05, 0) is 42.4 Å². The summed E-state index contributed by atoms with van der Waals surface area (Å²) in [5, 5.41) is 0. The second-order valence-corrected chi connectivity index (χ2v) is 7.70. The summed E-state index contributed by atoms with van der Waals surface area (Å²) in [6, 6.07) is 0. The van der Waals surface area contributed by atoms with Gasteiger partial charge in [0.05, 0.1) is 6.61 Å². The van der Waals surface area contributed by atoms with Crippen LogP contribution in [0.5, 0.6) is 0 Å². The first kappa shape index (κ1) is 18.2. The summed E-state index contributed by atoms with van der Waals surface area (Å²) in [6.07, 6.45) is 5.71. The fourth-order valence-corrected chi connectivity index (χ4v) is 2.30. The summed E-state index contributed by atoms with van der Waals surface area (Å²) in [4.78, 5) is 10.9. The van der Waals surface area contributed by atoms with E-state index in [1.54, 1.807) is 0 Å². The van der Waals surface area contributed by atoms with Crippen molar-refractivity contribution < 1.29 is 9.53 Å². The van der Waals surface area contributed by atoms with Crippen LogP contribution in [0.1, 0.15) is 67.2 Å². The van der Waals surface area contributed by atoms with Gasteiger partial charge in [0, 0.05) is 6.08 Å². The highest BCUT2D eigenvalue weighted by molar-refractivity contribution is 5.81. The van der Waals surface area contributed by atoms with Crippen LogP contribution in [-0.2, 0) is 9.53 Å². The molecule has 0 radical (unpaired) electrons. The maximum atomic E-state index is 10.9. The molecule has 0 aliphatic carbocycles. The number of unbranched alkanes of at least 4 members (excludes halogenated alkanes) is 1. The molecule has 2 nitrogen and oxygen atoms in total. The van der Waals surface area contributed by atoms with E-state index in [1.165, 1.54) is 18.9 Å². The maximum absolute atomic E-state index is 10.9. The first-order valence-electron chi connectivity index (χ1n) is 7.35. The molecule has 0 amide bonds. The lowest BCUT2D eigenvalue weighted by Gasteiger charge is -2.35. The minimum Gasteiger partial charge on any atom is -0.463 e. The molecule has 0 rings (SSSR count). The highest BCUT2D eigenvalue weighted by Crippen LogP contribution is 2.38. The topological polar surface area (TPSA) is 26.3 Å². The smallest absolute Gasteiger partial charge is 0.330 e. The number of esters is 1. The van der Waals surface area contributed by atoms with Crippen molar-refractivity contribution in [3.63, 3.8) is 0 Å². The van der Waals surface area contributed by atoms with Crippen molar-refractivity contribution in [3.8, 4) is 0 Å². The van der Waals surface area contributed by atoms with Gasteiger partial charge in [-0.15, -0.1) is 0 Å². The molecule has 0 heterocycles. The molecule has 1 unspecified atom stereocenters. The van der Waals surface area contributed by atoms with Crippen LogP contribution in [0.2, 0.25) is 0 Å². The Labute approximate surface area is 119 Å². The van der Waals surface area contributed by atoms with E-state index in [0.717, 1.165) is 12.8 Å². The van der Waals surface area contributed by atoms with Crippen molar-refractivity contribution in [3.05, 3.63) is 12.7 Å². The summed E-state index contributed by atoms with van der Waals surface area (Å²) in [7, 11) is 0. The Hall–Kier alpha value is -0.790. The van der Waals surface area contributed by atoms with Gasteiger partial charge in [-0.2, -0.15) is 0 Å². The molecule has 0 spiro atoms. The SMILES string of the molecule is C=CC(=O)OCCCCC(CC(C)(C)C)C(C)(C)C. The molecule has 0 bridgehead atoms. The van der Waals surface area contributed by atoms with Gasteiger partial charge in [-0.25, -0.2) is 4.79 Å². The fraction of sp³-hybridized carbons (Fsp3) is 0.824. The Balaban J connectivity index is 4.08. The number of rotatable bonds is 7. The van der Waals surface area contributed by atoms with E-state index >= 15 is 0 Å². The van der Waals surface area contributed by atoms with Crippen molar-refractivity contribution in [2.45, 2.75) is 67.2 Å². The molecule has 0 N–H and O–H groups in total. The molecule has 0 aromatic heterocycles. The number of hydrogen-bond acceptors (Lipinski definition) is 2. The average molecular weight is 268 g/mol. The maximum Gasteiger partial charge on any atom is 0.330 e. The van der Waals surface area contributed by atoms with Gasteiger partial charge in [-0.1, -0.05) is 48.1 Å². The van der Waals surface area contributed by atoms with Gasteiger partial charge >= 0.3 is 5.97 Å². The van der Waals surface area contributed by atoms with Crippen LogP contribution in [0.4, 0.5) is 0 Å². The fourth-order valence-electron chi connectivity index (χ4n) is 2.30. The van der Waals surface area contributed by atoms with Crippen LogP contribution in [0.3, 0.4) is 0 Å². The predicted molar refractivity (Wildman–Crippen MR) is 82.0 cm³/mol. The van der Waals surface area contributed by atoms with E-state index in [-0.39, 0.29) is 5.97 Å². The third kappa shape index (κ3) is 9.75. The van der Waals surface area contributed by atoms with Crippen molar-refractivity contribution in [1.29, 1.82) is 0 Å². The Morgan fingerprint density at radius 3 is 2.16 bits per heavy atom. The highest BCUT2D eigenvalue weighted by atomic mass is 16.5. The van der Waals surface area contributed by atoms with Crippen LogP contribution in [0.25, 0.3) is 0 Å². The van der Waals surface area contributed by atoms with Crippen LogP contribution in [-0.4, -0.2) is 12.6 Å². The minimum atomic E-state index is -0.318. The Kier molecular flexibility index (Phi) is 7.39. The highest BCUT2D eigenvalue weighted by Gasteiger charge is 2.28. The third-order valence-electron chi connectivity index (χ3n) is 3.44. The Morgan fingerprint density at radius 2 is 1.74 bits per heavy atom. The number of ether oxygens (including phenoxy) is 1. The van der Waals surface area contributed by atoms with Gasteiger partial charge in [-0.3, -0.25) is 0 Å². The molecular formula is C17H32O2. The van der Waals surface area contributed by atoms with E-state index in [4.69, 9.17) is 4.74 Å². The number of carbonyl (C=O) groups excluding carboxylic acids is 1. The molecule has 19 heavy (non-hydrogen) atoms. The van der Waals surface area contributed by atoms with E-state index in [9.17, 15) is 4.79 Å². The summed E-state index contributed by atoms with van der Waals surface area (Å²) >= 11 is 0. The average Bonchev–Trinajstić information content (AvgIpc) is 2.23. The molecule has 0 aromatic rings. The summed E-state index contributed by atoms with van der Waals surface area (Å²) < 4.78 is 5.00. The normalized spacial score (nSPS) is 14.0. The molecule has 1 atom stereocenters. The molecule has 2 heteroatoms. The lowest BCUT2D eigenvalue weighted by Crippen LogP contribution is -2.25. The lowest BCUT2D eigenvalue weighted by atomic mass is 9.70. The van der Waals surface area contributed by atoms with Gasteiger partial charge < -0.3 is 4.74 Å². The van der Waals surface area contributed by atoms with Crippen molar-refractivity contribution in [1.82, 2.24) is 0 Å². The van der Waals surface area contributed by atoms with Crippen molar-refractivity contribution in [2.75, 3.05) is 6.61 Å². The first-order chi connectivity index (χ1) is 8.56. The van der Waals surface area contributed by atoms with Gasteiger partial charge in [0.15, 0.2) is 0 Å². The largest absolute Gasteiger partial charge is 0.463 e. The second kappa shape index (κ2) is 7.72. The molecule has 0 saturated carbocycles. The van der Waals surface area contributed by atoms with E-state index in [2.05, 4.69) is 48.1 Å². The van der Waals surface area contributed by atoms with E-state index in [0.29, 0.717) is 23.4 Å². The third-order valence-corrected chi connectivity index (χ3v) is 3.44. The standard InChI is InChI=1S/C17H32O2/c1-8-15(18)19-12-10-9-11-14(17(5,6)7)13-16(2,3)4/h8,14H,1,9-13H2,2-7H3. The second-order valence-electron chi connectivity index (χ2n) is 7.70. The Bertz CT molecular complexity index is 279. The minimum absolute atomic E-state index is 0.318. The quantitative estimate of drug-likeness (QED) is 0.369. The molecule has 0 saturated heterocycles. The van der Waals surface area contributed by atoms with Crippen molar-refractivity contribution in [2.24, 2.45) is 16.7 Å². The number of hydrogen-bond donors (Lipinski definition) is 0. The van der Waals surface area contributed by atoms with Crippen LogP contribution in [0.15, 0.2) is 12.7 Å². The predicted octanol–water partition coefficient (Wildman–Crippen LogP) is 4.98. The molecular weight excluding hydrogens is 236 g/mol. The van der Waals surface area contributed by atoms with E-state index < -0.39 is 0 Å². The molecule has 0 aliphatic heterocycles. The monoisotopic (exact) mass is 268 g/mol. The van der Waals surface area contributed by atoms with Crippen LogP contribution in [0, 0.1) is 16.7 Å². The molecule has 0 aromatic carbocycles. The van der Waals surface area contributed by atoms with Crippen molar-refractivity contribution >= 4 is 5.97 Å². The Morgan fingerprint density at radius 1 is 1.16 bits per heavy atom. The zero-order chi connectivity index (χ0) is 15.1. The van der Waals surface area contributed by atoms with Gasteiger partial charge in [0.25, 0.3) is 0 Å². The van der Waals surface area contributed by atoms with Gasteiger partial charge in [0.2, 0.25) is 0 Å². The lowest BCUT2D eigenvalue weighted by molar-refractivity contribution is -0.137. The summed E-state index contributed by atoms with van der Waals surface area (Å²) in [6.45, 7) is 17.8. The first-order valence-corrected chi connectivity index (χ1v) is 7.35. The molecule has 112 valence electrons. The zero-order valence-electron chi connectivity index (χ0n) is 13.7. The molecule has 0 fully saturated rings. The van der Waals surface area contributed by atoms with Crippen LogP contribution < -0.4 is 0 Å². The summed E-state index contributed by atoms with van der Waals surface area (Å²) in [5.41, 5.74) is 0.707. The number of carbonyl (C=O) groups is 1. The van der Waals surface area contributed by atoms with Gasteiger partial charge in [0.1, 0.15) is 0 Å². The molecule has 0 aliphatic rings. The summed E-state index contributed by atoms with van der Waals surface area (Å²) in [5.74, 6) is 0.393. The van der Waals surface area contributed by atoms with Crippen LogP contribution >= 0.6 is 0 Å². The van der Waals surface area contributed by atoms with E-state index in [1.807, 2.05) is 0 Å².